The molecule has 1 aromatic carbocycles. The van der Waals surface area contributed by atoms with E-state index < -0.39 is 0 Å². The Morgan fingerprint density at radius 1 is 1.20 bits per heavy atom. The highest BCUT2D eigenvalue weighted by molar-refractivity contribution is 5.14. The Balaban J connectivity index is 2.47. The molecule has 0 saturated heterocycles. The Morgan fingerprint density at radius 3 is 2.53 bits per heavy atom. The van der Waals surface area contributed by atoms with Gasteiger partial charge in [-0.25, -0.2) is 0 Å². The quantitative estimate of drug-likeness (QED) is 0.750. The van der Waals surface area contributed by atoms with E-state index in [9.17, 15) is 0 Å². The van der Waals surface area contributed by atoms with Crippen molar-refractivity contribution in [1.82, 2.24) is 4.90 Å². The lowest BCUT2D eigenvalue weighted by molar-refractivity contribution is 0.315. The van der Waals surface area contributed by atoms with Crippen LogP contribution in [0.15, 0.2) is 30.3 Å². The Labute approximate surface area is 91.5 Å². The molecule has 0 saturated carbocycles. The van der Waals surface area contributed by atoms with Crippen LogP contribution < -0.4 is 0 Å². The summed E-state index contributed by atoms with van der Waals surface area (Å²) in [5, 5.41) is 8.55. The van der Waals surface area contributed by atoms with Crippen LogP contribution in [0.2, 0.25) is 0 Å². The number of aliphatic hydroxyl groups excluding tert-OH is 1. The molecule has 0 fully saturated rings. The largest absolute Gasteiger partial charge is 0.384 e. The molecule has 0 aliphatic heterocycles. The fourth-order valence-electron chi connectivity index (χ4n) is 1.34. The first kappa shape index (κ1) is 11.8. The van der Waals surface area contributed by atoms with Gasteiger partial charge < -0.3 is 5.11 Å². The monoisotopic (exact) mass is 203 g/mol. The van der Waals surface area contributed by atoms with Crippen LogP contribution in [0, 0.1) is 11.8 Å². The molecule has 1 rings (SSSR count). The number of hydrogen-bond donors (Lipinski definition) is 1. The standard InChI is InChI=1S/C13H17NO/c1-2-14(10-6-7-11-15)12-13-8-4-3-5-9-13/h3-5,8-9,15H,2,10-12H2,1H3. The van der Waals surface area contributed by atoms with E-state index in [0.29, 0.717) is 6.54 Å². The van der Waals surface area contributed by atoms with Crippen molar-refractivity contribution in [2.24, 2.45) is 0 Å². The molecule has 0 unspecified atom stereocenters. The predicted molar refractivity (Wildman–Crippen MR) is 62.3 cm³/mol. The maximum atomic E-state index is 8.55. The van der Waals surface area contributed by atoms with Crippen LogP contribution in [0.3, 0.4) is 0 Å². The molecule has 1 N–H and O–H groups in total. The molecular formula is C13H17NO. The Morgan fingerprint density at radius 2 is 1.93 bits per heavy atom. The summed E-state index contributed by atoms with van der Waals surface area (Å²) in [5.74, 6) is 5.59. The van der Waals surface area contributed by atoms with Gasteiger partial charge in [0.25, 0.3) is 0 Å². The molecule has 1 aromatic rings. The summed E-state index contributed by atoms with van der Waals surface area (Å²) in [6.45, 7) is 4.66. The zero-order chi connectivity index (χ0) is 10.9. The van der Waals surface area contributed by atoms with Crippen molar-refractivity contribution in [1.29, 1.82) is 0 Å². The molecule has 0 aliphatic rings. The van der Waals surface area contributed by atoms with Gasteiger partial charge in [-0.2, -0.15) is 0 Å². The average molecular weight is 203 g/mol. The van der Waals surface area contributed by atoms with Crippen molar-refractivity contribution in [2.75, 3.05) is 19.7 Å². The van der Waals surface area contributed by atoms with Gasteiger partial charge in [-0.05, 0) is 12.1 Å². The van der Waals surface area contributed by atoms with Crippen molar-refractivity contribution < 1.29 is 5.11 Å². The molecular weight excluding hydrogens is 186 g/mol. The molecule has 0 aliphatic carbocycles. The highest BCUT2D eigenvalue weighted by Crippen LogP contribution is 2.03. The SMILES string of the molecule is CCN(CC#CCO)Cc1ccccc1. The molecule has 2 nitrogen and oxygen atoms in total. The molecule has 15 heavy (non-hydrogen) atoms. The first-order valence-corrected chi connectivity index (χ1v) is 5.19. The van der Waals surface area contributed by atoms with Crippen molar-refractivity contribution in [2.45, 2.75) is 13.5 Å². The molecule has 80 valence electrons. The van der Waals surface area contributed by atoms with Crippen LogP contribution in [0.4, 0.5) is 0 Å². The maximum absolute atomic E-state index is 8.55. The van der Waals surface area contributed by atoms with E-state index in [1.807, 2.05) is 18.2 Å². The second-order valence-corrected chi connectivity index (χ2v) is 3.30. The molecule has 2 heteroatoms. The molecule has 0 spiro atoms. The van der Waals surface area contributed by atoms with Gasteiger partial charge in [-0.3, -0.25) is 4.90 Å². The van der Waals surface area contributed by atoms with Crippen LogP contribution in [-0.2, 0) is 6.54 Å². The van der Waals surface area contributed by atoms with Gasteiger partial charge in [0.15, 0.2) is 0 Å². The third-order valence-corrected chi connectivity index (χ3v) is 2.20. The molecule has 0 heterocycles. The van der Waals surface area contributed by atoms with Gasteiger partial charge >= 0.3 is 0 Å². The summed E-state index contributed by atoms with van der Waals surface area (Å²) < 4.78 is 0. The van der Waals surface area contributed by atoms with Gasteiger partial charge in [-0.15, -0.1) is 0 Å². The third kappa shape index (κ3) is 4.64. The van der Waals surface area contributed by atoms with Crippen LogP contribution in [0.1, 0.15) is 12.5 Å². The Hall–Kier alpha value is -1.30. The van der Waals surface area contributed by atoms with Crippen molar-refractivity contribution in [3.8, 4) is 11.8 Å². The summed E-state index contributed by atoms with van der Waals surface area (Å²) in [7, 11) is 0. The molecule has 0 aromatic heterocycles. The van der Waals surface area contributed by atoms with Gasteiger partial charge in [0.2, 0.25) is 0 Å². The topological polar surface area (TPSA) is 23.5 Å². The second-order valence-electron chi connectivity index (χ2n) is 3.30. The van der Waals surface area contributed by atoms with E-state index in [1.165, 1.54) is 5.56 Å². The fourth-order valence-corrected chi connectivity index (χ4v) is 1.34. The highest BCUT2D eigenvalue weighted by Gasteiger charge is 2.00. The first-order valence-electron chi connectivity index (χ1n) is 5.19. The fraction of sp³-hybridized carbons (Fsp3) is 0.385. The van der Waals surface area contributed by atoms with Crippen molar-refractivity contribution in [3.05, 3.63) is 35.9 Å². The molecule has 0 amide bonds. The predicted octanol–water partition coefficient (Wildman–Crippen LogP) is 1.50. The molecule has 0 radical (unpaired) electrons. The minimum atomic E-state index is -0.0527. The summed E-state index contributed by atoms with van der Waals surface area (Å²) in [4.78, 5) is 2.23. The van der Waals surface area contributed by atoms with Gasteiger partial charge in [-0.1, -0.05) is 49.1 Å². The Kier molecular flexibility index (Phi) is 5.54. The van der Waals surface area contributed by atoms with E-state index in [-0.39, 0.29) is 6.61 Å². The summed E-state index contributed by atoms with van der Waals surface area (Å²) in [6, 6.07) is 10.3. The lowest BCUT2D eigenvalue weighted by atomic mass is 10.2. The van der Waals surface area contributed by atoms with E-state index in [1.54, 1.807) is 0 Å². The lowest BCUT2D eigenvalue weighted by Crippen LogP contribution is -2.23. The van der Waals surface area contributed by atoms with Gasteiger partial charge in [0, 0.05) is 6.54 Å². The number of aliphatic hydroxyl groups is 1. The zero-order valence-electron chi connectivity index (χ0n) is 9.11. The van der Waals surface area contributed by atoms with E-state index in [0.717, 1.165) is 13.1 Å². The number of nitrogens with zero attached hydrogens (tertiary/aromatic N) is 1. The van der Waals surface area contributed by atoms with Crippen LogP contribution in [0.5, 0.6) is 0 Å². The summed E-state index contributed by atoms with van der Waals surface area (Å²) in [5.41, 5.74) is 1.30. The summed E-state index contributed by atoms with van der Waals surface area (Å²) in [6.07, 6.45) is 0. The number of rotatable bonds is 4. The van der Waals surface area contributed by atoms with E-state index in [2.05, 4.69) is 35.8 Å². The molecule has 0 bridgehead atoms. The maximum Gasteiger partial charge on any atom is 0.104 e. The smallest absolute Gasteiger partial charge is 0.104 e. The van der Waals surface area contributed by atoms with Crippen molar-refractivity contribution in [3.63, 3.8) is 0 Å². The Bertz CT molecular complexity index is 323. The number of benzene rings is 1. The normalized spacial score (nSPS) is 9.80. The van der Waals surface area contributed by atoms with Gasteiger partial charge in [0.1, 0.15) is 6.61 Å². The minimum Gasteiger partial charge on any atom is -0.384 e. The highest BCUT2D eigenvalue weighted by atomic mass is 16.2. The third-order valence-electron chi connectivity index (χ3n) is 2.20. The zero-order valence-corrected chi connectivity index (χ0v) is 9.11. The van der Waals surface area contributed by atoms with Crippen LogP contribution in [-0.4, -0.2) is 29.7 Å². The second kappa shape index (κ2) is 7.05. The van der Waals surface area contributed by atoms with Crippen molar-refractivity contribution >= 4 is 0 Å². The summed E-state index contributed by atoms with van der Waals surface area (Å²) >= 11 is 0. The number of hydrogen-bond acceptors (Lipinski definition) is 2. The van der Waals surface area contributed by atoms with Gasteiger partial charge in [0.05, 0.1) is 6.54 Å². The molecule has 0 atom stereocenters. The minimum absolute atomic E-state index is 0.0527. The first-order chi connectivity index (χ1) is 7.36. The van der Waals surface area contributed by atoms with Crippen LogP contribution in [0.25, 0.3) is 0 Å². The lowest BCUT2D eigenvalue weighted by Gasteiger charge is -2.17. The van der Waals surface area contributed by atoms with Crippen LogP contribution >= 0.6 is 0 Å². The van der Waals surface area contributed by atoms with E-state index >= 15 is 0 Å². The van der Waals surface area contributed by atoms with E-state index in [4.69, 9.17) is 5.11 Å². The average Bonchev–Trinajstić information content (AvgIpc) is 2.29.